The van der Waals surface area contributed by atoms with Gasteiger partial charge < -0.3 is 4.42 Å². The fourth-order valence-corrected chi connectivity index (χ4v) is 16.8. The summed E-state index contributed by atoms with van der Waals surface area (Å²) in [6.07, 6.45) is 3.57. The first-order valence-electron chi connectivity index (χ1n) is 23.4. The van der Waals surface area contributed by atoms with Gasteiger partial charge >= 0.3 is 0 Å². The van der Waals surface area contributed by atoms with E-state index in [1.54, 1.807) is 12.4 Å². The molecule has 5 aromatic heterocycles. The summed E-state index contributed by atoms with van der Waals surface area (Å²) < 4.78 is 11.1. The molecule has 0 aliphatic carbocycles. The summed E-state index contributed by atoms with van der Waals surface area (Å²) in [5.74, 6) is 1.65. The average Bonchev–Trinajstić information content (AvgIpc) is 4.12. The Morgan fingerprint density at radius 1 is 0.386 bits per heavy atom. The van der Waals surface area contributed by atoms with Crippen LogP contribution in [0, 0.1) is 0 Å². The van der Waals surface area contributed by atoms with E-state index < -0.39 is 8.07 Å². The van der Waals surface area contributed by atoms with Crippen molar-refractivity contribution in [3.8, 4) is 39.9 Å². The van der Waals surface area contributed by atoms with Crippen molar-refractivity contribution in [2.75, 3.05) is 0 Å². The SMILES string of the molecule is c1ccc([Si](c2ccccc2)(c2ccccc2)c2ccc(-c3nc(-c4cccc5oc6cnccc6c45)nc(-n4c5ccccc5c5c(-c6cccc7sc8ccccc8c67)cccc54)n3)cc2)cc1. The molecule has 5 heterocycles. The van der Waals surface area contributed by atoms with Crippen LogP contribution in [0.2, 0.25) is 0 Å². The Hall–Kier alpha value is -8.82. The van der Waals surface area contributed by atoms with Gasteiger partial charge in [-0.25, -0.2) is 4.98 Å². The highest BCUT2D eigenvalue weighted by molar-refractivity contribution is 7.26. The predicted octanol–water partition coefficient (Wildman–Crippen LogP) is 13.0. The first-order valence-corrected chi connectivity index (χ1v) is 26.3. The van der Waals surface area contributed by atoms with Crippen LogP contribution in [0.1, 0.15) is 0 Å². The maximum absolute atomic E-state index is 6.37. The molecule has 6 nitrogen and oxygen atoms in total. The molecule has 0 spiro atoms. The lowest BCUT2D eigenvalue weighted by molar-refractivity contribution is 0.667. The Kier molecular flexibility index (Phi) is 9.30. The van der Waals surface area contributed by atoms with E-state index in [1.807, 2.05) is 29.5 Å². The lowest BCUT2D eigenvalue weighted by atomic mass is 9.95. The molecule has 0 saturated carbocycles. The van der Waals surface area contributed by atoms with Crippen LogP contribution in [0.4, 0.5) is 0 Å². The molecule has 0 unspecified atom stereocenters. The molecule has 0 bridgehead atoms. The third kappa shape index (κ3) is 6.17. The van der Waals surface area contributed by atoms with Crippen molar-refractivity contribution in [3.63, 3.8) is 0 Å². The fourth-order valence-electron chi connectivity index (χ4n) is 11.0. The monoisotopic (exact) mass is 929 g/mol. The summed E-state index contributed by atoms with van der Waals surface area (Å²) in [6, 6.07) is 80.8. The van der Waals surface area contributed by atoms with Gasteiger partial charge in [0, 0.05) is 59.0 Å². The Labute approximate surface area is 407 Å². The van der Waals surface area contributed by atoms with Gasteiger partial charge in [0.2, 0.25) is 5.95 Å². The fraction of sp³-hybridized carbons (Fsp3) is 0. The van der Waals surface area contributed by atoms with Crippen molar-refractivity contribution in [1.29, 1.82) is 0 Å². The normalized spacial score (nSPS) is 12.0. The van der Waals surface area contributed by atoms with Crippen molar-refractivity contribution in [3.05, 3.63) is 237 Å². The summed E-state index contributed by atoms with van der Waals surface area (Å²) in [5, 5.41) is 11.9. The molecule has 0 N–H and O–H groups in total. The van der Waals surface area contributed by atoms with E-state index in [1.165, 1.54) is 46.5 Å². The summed E-state index contributed by atoms with van der Waals surface area (Å²) >= 11 is 1.84. The summed E-state index contributed by atoms with van der Waals surface area (Å²) in [4.78, 5) is 20.7. The highest BCUT2D eigenvalue weighted by Gasteiger charge is 2.41. The van der Waals surface area contributed by atoms with Gasteiger partial charge in [-0.05, 0) is 68.3 Å². The van der Waals surface area contributed by atoms with Crippen LogP contribution < -0.4 is 20.7 Å². The number of pyridine rings is 1. The first kappa shape index (κ1) is 40.3. The van der Waals surface area contributed by atoms with Crippen LogP contribution in [0.25, 0.3) is 104 Å². The minimum absolute atomic E-state index is 0.527. The molecular weight excluding hydrogens is 891 g/mol. The first-order chi connectivity index (χ1) is 34.7. The Morgan fingerprint density at radius 2 is 0.957 bits per heavy atom. The van der Waals surface area contributed by atoms with Crippen molar-refractivity contribution in [1.82, 2.24) is 24.5 Å². The van der Waals surface area contributed by atoms with Crippen LogP contribution in [-0.2, 0) is 0 Å². The maximum atomic E-state index is 6.37. The number of nitrogens with zero attached hydrogens (tertiary/aromatic N) is 5. The van der Waals surface area contributed by atoms with Crippen LogP contribution in [0.3, 0.4) is 0 Å². The van der Waals surface area contributed by atoms with Gasteiger partial charge in [0.25, 0.3) is 0 Å². The third-order valence-corrected chi connectivity index (χ3v) is 19.9. The zero-order chi connectivity index (χ0) is 46.2. The van der Waals surface area contributed by atoms with Gasteiger partial charge in [0.05, 0.1) is 17.2 Å². The van der Waals surface area contributed by atoms with E-state index in [9.17, 15) is 0 Å². The molecule has 328 valence electrons. The average molecular weight is 930 g/mol. The molecule has 9 aromatic carbocycles. The molecule has 8 heteroatoms. The molecule has 0 radical (unpaired) electrons. The smallest absolute Gasteiger partial charge is 0.238 e. The standard InChI is InChI=1S/C62H39N5OSSi/c1-4-17-41(18-5-1)70(42-19-6-2-7-20-42,43-21-8-3-9-22-43)44-35-33-40(34-36-44)60-64-61(50-27-15-30-53-58(50)48-37-38-63-39-54(48)68-53)66-62(65-60)67-51-28-12-10-23-47(51)57-45(25-14-29-52(57)67)46-26-16-32-56-59(46)49-24-11-13-31-55(49)69-56/h1-39H. The zero-order valence-electron chi connectivity index (χ0n) is 37.6. The molecule has 70 heavy (non-hydrogen) atoms. The molecule has 0 aliphatic rings. The molecule has 0 atom stereocenters. The number of furan rings is 1. The summed E-state index contributed by atoms with van der Waals surface area (Å²) in [5.41, 5.74) is 7.58. The highest BCUT2D eigenvalue weighted by Crippen LogP contribution is 2.45. The minimum atomic E-state index is -2.79. The number of hydrogen-bond donors (Lipinski definition) is 0. The second-order valence-electron chi connectivity index (χ2n) is 17.7. The quantitative estimate of drug-likeness (QED) is 0.112. The zero-order valence-corrected chi connectivity index (χ0v) is 39.4. The number of benzene rings is 9. The predicted molar refractivity (Wildman–Crippen MR) is 292 cm³/mol. The Morgan fingerprint density at radius 3 is 1.70 bits per heavy atom. The lowest BCUT2D eigenvalue weighted by Gasteiger charge is -2.34. The van der Waals surface area contributed by atoms with E-state index >= 15 is 0 Å². The number of hydrogen-bond acceptors (Lipinski definition) is 6. The molecule has 0 saturated heterocycles. The topological polar surface area (TPSA) is 69.6 Å². The van der Waals surface area contributed by atoms with E-state index in [2.05, 4.69) is 216 Å². The number of aromatic nitrogens is 5. The maximum Gasteiger partial charge on any atom is 0.238 e. The minimum Gasteiger partial charge on any atom is -0.454 e. The number of para-hydroxylation sites is 1. The van der Waals surface area contributed by atoms with Crippen LogP contribution in [-0.4, -0.2) is 32.6 Å². The van der Waals surface area contributed by atoms with Crippen molar-refractivity contribution < 1.29 is 4.42 Å². The van der Waals surface area contributed by atoms with Crippen LogP contribution in [0.5, 0.6) is 0 Å². The second kappa shape index (κ2) is 16.2. The van der Waals surface area contributed by atoms with Gasteiger partial charge in [-0.1, -0.05) is 188 Å². The third-order valence-electron chi connectivity index (χ3n) is 14.0. The van der Waals surface area contributed by atoms with Crippen LogP contribution in [0.15, 0.2) is 241 Å². The molecule has 14 aromatic rings. The van der Waals surface area contributed by atoms with Gasteiger partial charge in [-0.3, -0.25) is 9.55 Å². The number of fused-ring (bicyclic) bond motifs is 9. The molecule has 0 aliphatic heterocycles. The molecular formula is C62H39N5OSSi. The molecule has 0 amide bonds. The van der Waals surface area contributed by atoms with Gasteiger partial charge in [-0.15, -0.1) is 11.3 Å². The second-order valence-corrected chi connectivity index (χ2v) is 22.6. The van der Waals surface area contributed by atoms with Gasteiger partial charge in [0.15, 0.2) is 25.3 Å². The van der Waals surface area contributed by atoms with Crippen molar-refractivity contribution >= 4 is 104 Å². The lowest BCUT2D eigenvalue weighted by Crippen LogP contribution is -2.74. The van der Waals surface area contributed by atoms with Gasteiger partial charge in [-0.2, -0.15) is 9.97 Å². The van der Waals surface area contributed by atoms with Gasteiger partial charge in [0.1, 0.15) is 5.58 Å². The van der Waals surface area contributed by atoms with E-state index in [4.69, 9.17) is 19.4 Å². The summed E-state index contributed by atoms with van der Waals surface area (Å²) in [6.45, 7) is 0. The van der Waals surface area contributed by atoms with E-state index in [0.717, 1.165) is 54.9 Å². The van der Waals surface area contributed by atoms with E-state index in [0.29, 0.717) is 23.2 Å². The largest absolute Gasteiger partial charge is 0.454 e. The highest BCUT2D eigenvalue weighted by atomic mass is 32.1. The molecule has 14 rings (SSSR count). The number of thiophene rings is 1. The Bertz CT molecular complexity index is 4200. The molecule has 0 fully saturated rings. The van der Waals surface area contributed by atoms with Crippen molar-refractivity contribution in [2.45, 2.75) is 0 Å². The van der Waals surface area contributed by atoms with Crippen molar-refractivity contribution in [2.24, 2.45) is 0 Å². The van der Waals surface area contributed by atoms with Crippen LogP contribution >= 0.6 is 11.3 Å². The Balaban J connectivity index is 1.02. The summed E-state index contributed by atoms with van der Waals surface area (Å²) in [7, 11) is -2.79. The van der Waals surface area contributed by atoms with E-state index in [-0.39, 0.29) is 0 Å². The number of rotatable bonds is 8.